The van der Waals surface area contributed by atoms with Gasteiger partial charge in [0.2, 0.25) is 5.91 Å². The maximum Gasteiger partial charge on any atom is 0.236 e. The van der Waals surface area contributed by atoms with E-state index in [1.165, 1.54) is 6.07 Å². The van der Waals surface area contributed by atoms with Crippen molar-refractivity contribution in [3.63, 3.8) is 0 Å². The van der Waals surface area contributed by atoms with Gasteiger partial charge in [0.05, 0.1) is 12.6 Å². The number of rotatable bonds is 6. The van der Waals surface area contributed by atoms with Gasteiger partial charge in [0.25, 0.3) is 0 Å². The Kier molecular flexibility index (Phi) is 5.09. The summed E-state index contributed by atoms with van der Waals surface area (Å²) >= 11 is 0. The second kappa shape index (κ2) is 6.81. The van der Waals surface area contributed by atoms with Gasteiger partial charge in [0, 0.05) is 19.7 Å². The summed E-state index contributed by atoms with van der Waals surface area (Å²) in [6, 6.07) is 4.87. The normalized spacial score (nSPS) is 18.6. The highest BCUT2D eigenvalue weighted by Gasteiger charge is 2.27. The standard InChI is InChI=1S/C15H21FN2O2/c1-10(15(19)17-8-9-20-2)18-14-7-6-11-12(14)4-3-5-13(11)16/h3-5,10,14,18H,6-9H2,1-2H3,(H,17,19). The van der Waals surface area contributed by atoms with Crippen molar-refractivity contribution in [2.45, 2.75) is 31.8 Å². The largest absolute Gasteiger partial charge is 0.383 e. The zero-order valence-electron chi connectivity index (χ0n) is 11.9. The smallest absolute Gasteiger partial charge is 0.236 e. The van der Waals surface area contributed by atoms with Gasteiger partial charge in [-0.1, -0.05) is 12.1 Å². The molecule has 2 N–H and O–H groups in total. The van der Waals surface area contributed by atoms with Gasteiger partial charge >= 0.3 is 0 Å². The van der Waals surface area contributed by atoms with Crippen LogP contribution in [-0.2, 0) is 16.0 Å². The lowest BCUT2D eigenvalue weighted by Crippen LogP contribution is -2.44. The molecule has 0 saturated carbocycles. The van der Waals surface area contributed by atoms with E-state index >= 15 is 0 Å². The summed E-state index contributed by atoms with van der Waals surface area (Å²) in [5, 5.41) is 6.06. The number of methoxy groups -OCH3 is 1. The third kappa shape index (κ3) is 3.35. The van der Waals surface area contributed by atoms with Crippen molar-refractivity contribution < 1.29 is 13.9 Å². The SMILES string of the molecule is COCCNC(=O)C(C)NC1CCc2c(F)cccc21. The topological polar surface area (TPSA) is 50.4 Å². The van der Waals surface area contributed by atoms with Crippen LogP contribution in [0.2, 0.25) is 0 Å². The van der Waals surface area contributed by atoms with E-state index in [0.29, 0.717) is 13.2 Å². The van der Waals surface area contributed by atoms with E-state index in [4.69, 9.17) is 4.74 Å². The molecule has 1 aromatic rings. The van der Waals surface area contributed by atoms with Gasteiger partial charge in [-0.15, -0.1) is 0 Å². The van der Waals surface area contributed by atoms with Crippen LogP contribution in [0.3, 0.4) is 0 Å². The molecule has 20 heavy (non-hydrogen) atoms. The molecule has 5 heteroatoms. The number of halogens is 1. The maximum atomic E-state index is 13.6. The number of ether oxygens (including phenoxy) is 1. The van der Waals surface area contributed by atoms with E-state index in [9.17, 15) is 9.18 Å². The number of carbonyl (C=O) groups excluding carboxylic acids is 1. The molecule has 2 unspecified atom stereocenters. The average Bonchev–Trinajstić information content (AvgIpc) is 2.83. The minimum Gasteiger partial charge on any atom is -0.383 e. The Morgan fingerprint density at radius 3 is 3.10 bits per heavy atom. The van der Waals surface area contributed by atoms with Crippen LogP contribution in [0, 0.1) is 5.82 Å². The summed E-state index contributed by atoms with van der Waals surface area (Å²) in [6.45, 7) is 2.81. The molecule has 0 aliphatic heterocycles. The van der Waals surface area contributed by atoms with E-state index in [1.807, 2.05) is 13.0 Å². The molecule has 2 atom stereocenters. The zero-order valence-corrected chi connectivity index (χ0v) is 11.9. The minimum atomic E-state index is -0.314. The predicted molar refractivity (Wildman–Crippen MR) is 74.9 cm³/mol. The molecule has 0 aromatic heterocycles. The second-order valence-electron chi connectivity index (χ2n) is 5.07. The monoisotopic (exact) mass is 280 g/mol. The first kappa shape index (κ1) is 14.9. The highest BCUT2D eigenvalue weighted by atomic mass is 19.1. The summed E-state index contributed by atoms with van der Waals surface area (Å²) in [4.78, 5) is 11.9. The lowest BCUT2D eigenvalue weighted by Gasteiger charge is -2.20. The van der Waals surface area contributed by atoms with E-state index in [2.05, 4.69) is 10.6 Å². The highest BCUT2D eigenvalue weighted by Crippen LogP contribution is 2.32. The van der Waals surface area contributed by atoms with Crippen molar-refractivity contribution in [1.82, 2.24) is 10.6 Å². The number of nitrogens with one attached hydrogen (secondary N) is 2. The average molecular weight is 280 g/mol. The lowest BCUT2D eigenvalue weighted by molar-refractivity contribution is -0.123. The molecule has 0 bridgehead atoms. The Morgan fingerprint density at radius 1 is 1.55 bits per heavy atom. The summed E-state index contributed by atoms with van der Waals surface area (Å²) in [6.07, 6.45) is 1.55. The zero-order chi connectivity index (χ0) is 14.5. The van der Waals surface area contributed by atoms with Crippen molar-refractivity contribution in [3.05, 3.63) is 35.1 Å². The fourth-order valence-corrected chi connectivity index (χ4v) is 2.59. The number of benzene rings is 1. The number of carbonyl (C=O) groups is 1. The summed E-state index contributed by atoms with van der Waals surface area (Å²) in [5.41, 5.74) is 1.75. The van der Waals surface area contributed by atoms with Gasteiger partial charge in [0.15, 0.2) is 0 Å². The Hall–Kier alpha value is -1.46. The van der Waals surface area contributed by atoms with Gasteiger partial charge < -0.3 is 10.1 Å². The third-order valence-corrected chi connectivity index (χ3v) is 3.66. The van der Waals surface area contributed by atoms with Crippen LogP contribution in [0.1, 0.15) is 30.5 Å². The molecule has 1 amide bonds. The first-order valence-corrected chi connectivity index (χ1v) is 6.93. The summed E-state index contributed by atoms with van der Waals surface area (Å²) in [7, 11) is 1.60. The summed E-state index contributed by atoms with van der Waals surface area (Å²) in [5.74, 6) is -0.212. The molecule has 0 radical (unpaired) electrons. The molecule has 1 aliphatic rings. The highest BCUT2D eigenvalue weighted by molar-refractivity contribution is 5.81. The van der Waals surface area contributed by atoms with Crippen LogP contribution >= 0.6 is 0 Å². The van der Waals surface area contributed by atoms with Crippen molar-refractivity contribution >= 4 is 5.91 Å². The van der Waals surface area contributed by atoms with Crippen LogP contribution < -0.4 is 10.6 Å². The molecule has 4 nitrogen and oxygen atoms in total. The van der Waals surface area contributed by atoms with Crippen LogP contribution in [-0.4, -0.2) is 32.2 Å². The number of amides is 1. The predicted octanol–water partition coefficient (Wildman–Crippen LogP) is 1.55. The first-order valence-electron chi connectivity index (χ1n) is 6.93. The second-order valence-corrected chi connectivity index (χ2v) is 5.07. The van der Waals surface area contributed by atoms with Crippen molar-refractivity contribution in [2.24, 2.45) is 0 Å². The third-order valence-electron chi connectivity index (χ3n) is 3.66. The van der Waals surface area contributed by atoms with Crippen LogP contribution in [0.15, 0.2) is 18.2 Å². The van der Waals surface area contributed by atoms with Gasteiger partial charge in [-0.2, -0.15) is 0 Å². The van der Waals surface area contributed by atoms with E-state index in [0.717, 1.165) is 24.0 Å². The Balaban J connectivity index is 1.92. The van der Waals surface area contributed by atoms with Crippen LogP contribution in [0.4, 0.5) is 4.39 Å². The van der Waals surface area contributed by atoms with Crippen molar-refractivity contribution in [3.8, 4) is 0 Å². The molecule has 0 saturated heterocycles. The minimum absolute atomic E-state index is 0.0453. The first-order chi connectivity index (χ1) is 9.63. The van der Waals surface area contributed by atoms with Crippen LogP contribution in [0.5, 0.6) is 0 Å². The van der Waals surface area contributed by atoms with Gasteiger partial charge in [-0.3, -0.25) is 10.1 Å². The molecule has 1 aromatic carbocycles. The molecule has 0 heterocycles. The molecular formula is C15H21FN2O2. The molecule has 0 fully saturated rings. The Bertz CT molecular complexity index is 479. The maximum absolute atomic E-state index is 13.6. The number of fused-ring (bicyclic) bond motifs is 1. The summed E-state index contributed by atoms with van der Waals surface area (Å²) < 4.78 is 18.5. The number of hydrogen-bond acceptors (Lipinski definition) is 3. The lowest BCUT2D eigenvalue weighted by atomic mass is 10.1. The molecule has 110 valence electrons. The van der Waals surface area contributed by atoms with Crippen molar-refractivity contribution in [2.75, 3.05) is 20.3 Å². The molecular weight excluding hydrogens is 259 g/mol. The number of hydrogen-bond donors (Lipinski definition) is 2. The quantitative estimate of drug-likeness (QED) is 0.777. The van der Waals surface area contributed by atoms with Gasteiger partial charge in [-0.05, 0) is 37.0 Å². The fraction of sp³-hybridized carbons (Fsp3) is 0.533. The Labute approximate surface area is 118 Å². The van der Waals surface area contributed by atoms with E-state index in [1.54, 1.807) is 13.2 Å². The van der Waals surface area contributed by atoms with Gasteiger partial charge in [-0.25, -0.2) is 4.39 Å². The van der Waals surface area contributed by atoms with Crippen LogP contribution in [0.25, 0.3) is 0 Å². The molecule has 0 spiro atoms. The molecule has 1 aliphatic carbocycles. The van der Waals surface area contributed by atoms with E-state index < -0.39 is 0 Å². The Morgan fingerprint density at radius 2 is 2.35 bits per heavy atom. The molecule has 2 rings (SSSR count). The van der Waals surface area contributed by atoms with Crippen molar-refractivity contribution in [1.29, 1.82) is 0 Å². The van der Waals surface area contributed by atoms with E-state index in [-0.39, 0.29) is 23.8 Å². The van der Waals surface area contributed by atoms with Gasteiger partial charge in [0.1, 0.15) is 5.82 Å². The fourth-order valence-electron chi connectivity index (χ4n) is 2.59.